The van der Waals surface area contributed by atoms with Gasteiger partial charge in [-0.15, -0.1) is 0 Å². The van der Waals surface area contributed by atoms with Crippen LogP contribution < -0.4 is 10.1 Å². The minimum Gasteiger partial charge on any atom is -0.497 e. The Morgan fingerprint density at radius 1 is 1.17 bits per heavy atom. The molecule has 0 amide bonds. The van der Waals surface area contributed by atoms with Gasteiger partial charge in [0.25, 0.3) is 0 Å². The highest BCUT2D eigenvalue weighted by atomic mass is 16.5. The summed E-state index contributed by atoms with van der Waals surface area (Å²) in [5, 5.41) is 16.7. The molecule has 1 aromatic rings. The normalized spacial score (nSPS) is 38.3. The van der Waals surface area contributed by atoms with Crippen molar-refractivity contribution in [2.45, 2.75) is 86.8 Å². The van der Waals surface area contributed by atoms with Crippen molar-refractivity contribution in [3.05, 3.63) is 29.3 Å². The van der Waals surface area contributed by atoms with Crippen LogP contribution in [0.2, 0.25) is 0 Å². The Labute approximate surface area is 175 Å². The fourth-order valence-electron chi connectivity index (χ4n) is 7.65. The zero-order chi connectivity index (χ0) is 19.7. The van der Waals surface area contributed by atoms with Crippen LogP contribution in [0.1, 0.15) is 68.9 Å². The Balaban J connectivity index is 1.49. The summed E-state index contributed by atoms with van der Waals surface area (Å²) in [7, 11) is 1.76. The molecule has 29 heavy (non-hydrogen) atoms. The van der Waals surface area contributed by atoms with Crippen molar-refractivity contribution in [1.82, 2.24) is 10.2 Å². The van der Waals surface area contributed by atoms with Crippen LogP contribution in [0, 0.1) is 5.92 Å². The molecule has 2 saturated carbocycles. The lowest BCUT2D eigenvalue weighted by Crippen LogP contribution is -2.72. The van der Waals surface area contributed by atoms with Crippen molar-refractivity contribution >= 4 is 0 Å². The lowest BCUT2D eigenvalue weighted by Gasteiger charge is -2.62. The van der Waals surface area contributed by atoms with Gasteiger partial charge in [0, 0.05) is 23.5 Å². The number of benzene rings is 1. The van der Waals surface area contributed by atoms with Gasteiger partial charge in [-0.2, -0.15) is 0 Å². The maximum Gasteiger partial charge on any atom is 0.119 e. The number of aliphatic hydroxyl groups is 1. The van der Waals surface area contributed by atoms with Crippen LogP contribution in [-0.2, 0) is 11.8 Å². The van der Waals surface area contributed by atoms with E-state index in [2.05, 4.69) is 28.4 Å². The smallest absolute Gasteiger partial charge is 0.119 e. The molecule has 4 nitrogen and oxygen atoms in total. The van der Waals surface area contributed by atoms with Crippen LogP contribution in [0.25, 0.3) is 0 Å². The van der Waals surface area contributed by atoms with E-state index in [0.717, 1.165) is 50.4 Å². The number of piperidine rings is 1. The summed E-state index contributed by atoms with van der Waals surface area (Å²) in [6.45, 7) is 3.34. The summed E-state index contributed by atoms with van der Waals surface area (Å²) < 4.78 is 5.63. The molecule has 2 N–H and O–H groups in total. The number of fused-ring (bicyclic) bond motifs is 1. The number of likely N-dealkylation sites (tertiary alicyclic amines) is 1. The highest BCUT2D eigenvalue weighted by molar-refractivity contribution is 5.48. The van der Waals surface area contributed by atoms with Gasteiger partial charge in [-0.05, 0) is 93.6 Å². The van der Waals surface area contributed by atoms with Crippen molar-refractivity contribution in [3.8, 4) is 5.75 Å². The van der Waals surface area contributed by atoms with E-state index >= 15 is 0 Å². The minimum atomic E-state index is -0.645. The molecule has 1 aromatic carbocycles. The zero-order valence-electron chi connectivity index (χ0n) is 17.9. The SMILES string of the molecule is COc1ccc2c(c1)C13CCNC4(CCCC4)C[C@@]1(O)C(C2)N(CC1CC1)CC3. The molecule has 0 radical (unpaired) electrons. The van der Waals surface area contributed by atoms with Crippen LogP contribution in [0.15, 0.2) is 18.2 Å². The molecule has 4 fully saturated rings. The number of nitrogens with one attached hydrogen (secondary N) is 1. The monoisotopic (exact) mass is 396 g/mol. The number of rotatable bonds is 3. The first kappa shape index (κ1) is 18.7. The Bertz CT molecular complexity index is 800. The Hall–Kier alpha value is -1.10. The molecule has 2 heterocycles. The molecule has 4 heteroatoms. The van der Waals surface area contributed by atoms with Gasteiger partial charge < -0.3 is 15.2 Å². The summed E-state index contributed by atoms with van der Waals surface area (Å²) in [5.41, 5.74) is 2.20. The first-order valence-corrected chi connectivity index (χ1v) is 12.0. The van der Waals surface area contributed by atoms with E-state index in [-0.39, 0.29) is 17.0 Å². The van der Waals surface area contributed by atoms with E-state index in [1.807, 2.05) is 0 Å². The third-order valence-corrected chi connectivity index (χ3v) is 9.30. The first-order chi connectivity index (χ1) is 14.1. The second-order valence-corrected chi connectivity index (χ2v) is 10.8. The van der Waals surface area contributed by atoms with Crippen molar-refractivity contribution in [2.75, 3.05) is 26.7 Å². The maximum absolute atomic E-state index is 12.8. The number of nitrogens with zero attached hydrogens (tertiary/aromatic N) is 1. The van der Waals surface area contributed by atoms with E-state index in [1.165, 1.54) is 56.2 Å². The number of methoxy groups -OCH3 is 1. The summed E-state index contributed by atoms with van der Waals surface area (Å²) >= 11 is 0. The van der Waals surface area contributed by atoms with Gasteiger partial charge in [0.15, 0.2) is 0 Å². The molecule has 2 saturated heterocycles. The fraction of sp³-hybridized carbons (Fsp3) is 0.760. The predicted molar refractivity (Wildman–Crippen MR) is 114 cm³/mol. The Morgan fingerprint density at radius 3 is 2.76 bits per heavy atom. The van der Waals surface area contributed by atoms with Crippen LogP contribution in [0.3, 0.4) is 0 Å². The van der Waals surface area contributed by atoms with Crippen LogP contribution in [0.5, 0.6) is 5.75 Å². The largest absolute Gasteiger partial charge is 0.497 e. The number of hydrogen-bond acceptors (Lipinski definition) is 4. The van der Waals surface area contributed by atoms with Crippen molar-refractivity contribution < 1.29 is 9.84 Å². The van der Waals surface area contributed by atoms with Crippen LogP contribution >= 0.6 is 0 Å². The summed E-state index contributed by atoms with van der Waals surface area (Å²) in [5.74, 6) is 1.81. The van der Waals surface area contributed by atoms with E-state index in [4.69, 9.17) is 4.74 Å². The minimum absolute atomic E-state index is 0.140. The first-order valence-electron chi connectivity index (χ1n) is 12.0. The average molecular weight is 397 g/mol. The fourth-order valence-corrected chi connectivity index (χ4v) is 7.65. The average Bonchev–Trinajstić information content (AvgIpc) is 3.44. The van der Waals surface area contributed by atoms with Crippen molar-refractivity contribution in [1.29, 1.82) is 0 Å². The number of ether oxygens (including phenoxy) is 1. The molecule has 5 aliphatic rings. The maximum atomic E-state index is 12.8. The van der Waals surface area contributed by atoms with Gasteiger partial charge in [-0.3, -0.25) is 4.90 Å². The molecular weight excluding hydrogens is 360 g/mol. The summed E-state index contributed by atoms with van der Waals surface area (Å²) in [4.78, 5) is 2.69. The zero-order valence-corrected chi connectivity index (χ0v) is 17.9. The van der Waals surface area contributed by atoms with Crippen LogP contribution in [0.4, 0.5) is 0 Å². The molecule has 158 valence electrons. The Kier molecular flexibility index (Phi) is 4.15. The molecule has 1 spiro atoms. The molecule has 2 unspecified atom stereocenters. The highest BCUT2D eigenvalue weighted by Gasteiger charge is 2.65. The van der Waals surface area contributed by atoms with E-state index in [1.54, 1.807) is 7.11 Å². The summed E-state index contributed by atoms with van der Waals surface area (Å²) in [6, 6.07) is 6.93. The third-order valence-electron chi connectivity index (χ3n) is 9.30. The molecule has 3 aliphatic carbocycles. The molecule has 2 aliphatic heterocycles. The highest BCUT2D eigenvalue weighted by Crippen LogP contribution is 2.59. The predicted octanol–water partition coefficient (Wildman–Crippen LogP) is 3.40. The van der Waals surface area contributed by atoms with Gasteiger partial charge in [-0.1, -0.05) is 18.9 Å². The van der Waals surface area contributed by atoms with Crippen molar-refractivity contribution in [2.24, 2.45) is 5.92 Å². The van der Waals surface area contributed by atoms with Gasteiger partial charge in [0.1, 0.15) is 5.75 Å². The van der Waals surface area contributed by atoms with E-state index in [0.29, 0.717) is 0 Å². The van der Waals surface area contributed by atoms with Crippen molar-refractivity contribution in [3.63, 3.8) is 0 Å². The quantitative estimate of drug-likeness (QED) is 0.822. The van der Waals surface area contributed by atoms with E-state index in [9.17, 15) is 5.11 Å². The second-order valence-electron chi connectivity index (χ2n) is 10.8. The Morgan fingerprint density at radius 2 is 2.00 bits per heavy atom. The lowest BCUT2D eigenvalue weighted by molar-refractivity contribution is -0.157. The van der Waals surface area contributed by atoms with Gasteiger partial charge >= 0.3 is 0 Å². The second kappa shape index (κ2) is 6.45. The van der Waals surface area contributed by atoms with Crippen LogP contribution in [-0.4, -0.2) is 53.9 Å². The standard InChI is InChI=1S/C25H36N2O2/c1-29-20-7-6-19-14-22-25(28)17-23(8-2-3-9-23)26-12-10-24(25,21(19)15-20)11-13-27(22)16-18-4-5-18/h6-7,15,18,22,26,28H,2-5,8-14,16-17H2,1H3/t22?,24?,25-/m1/s1. The summed E-state index contributed by atoms with van der Waals surface area (Å²) in [6.07, 6.45) is 11.8. The van der Waals surface area contributed by atoms with E-state index < -0.39 is 5.60 Å². The topological polar surface area (TPSA) is 44.7 Å². The molecule has 3 atom stereocenters. The van der Waals surface area contributed by atoms with Gasteiger partial charge in [-0.25, -0.2) is 0 Å². The van der Waals surface area contributed by atoms with Gasteiger partial charge in [0.05, 0.1) is 12.7 Å². The molecule has 6 rings (SSSR count). The molecule has 0 aromatic heterocycles. The number of hydrogen-bond donors (Lipinski definition) is 2. The third kappa shape index (κ3) is 2.68. The molecular formula is C25H36N2O2. The van der Waals surface area contributed by atoms with Gasteiger partial charge in [0.2, 0.25) is 0 Å². The molecule has 2 bridgehead atoms. The lowest BCUT2D eigenvalue weighted by atomic mass is 9.51.